The molecule has 0 saturated carbocycles. The van der Waals surface area contributed by atoms with E-state index in [0.717, 1.165) is 19.3 Å². The molecule has 1 N–H and O–H groups in total. The minimum atomic E-state index is -4.08. The third-order valence-electron chi connectivity index (χ3n) is 7.38. The molecule has 0 heterocycles. The Kier molecular flexibility index (Phi) is 28.3. The average Bonchev–Trinajstić information content (AvgIpc) is 2.91. The molecule has 0 aliphatic heterocycles. The van der Waals surface area contributed by atoms with Gasteiger partial charge in [-0.15, -0.1) is 0 Å². The quantitative estimate of drug-likeness (QED) is 0.0356. The molecule has 7 nitrogen and oxygen atoms in total. The smallest absolute Gasteiger partial charge is 0.379 e. The lowest BCUT2D eigenvalue weighted by Crippen LogP contribution is -2.37. The first kappa shape index (κ1) is 40.7. The summed E-state index contributed by atoms with van der Waals surface area (Å²) in [5.74, 6) is 0. The van der Waals surface area contributed by atoms with Gasteiger partial charge < -0.3 is 18.9 Å². The summed E-state index contributed by atoms with van der Waals surface area (Å²) in [4.78, 5) is 9.82. The molecule has 0 spiro atoms. The van der Waals surface area contributed by atoms with Crippen molar-refractivity contribution in [2.24, 2.45) is 0 Å². The molecular formula is C33H69NO6P+. The molecule has 0 aromatic carbocycles. The maximum Gasteiger partial charge on any atom is 0.472 e. The van der Waals surface area contributed by atoms with E-state index in [0.29, 0.717) is 24.2 Å². The fourth-order valence-corrected chi connectivity index (χ4v) is 5.30. The standard InChI is InChI=1S/C33H68NO6P/c1-6-7-8-9-10-11-12-13-14-15-16-17-18-19-20-21-22-23-24-25-26-27-29-38-31-33(37-5)32-40-41(35,36)39-30-28-34(2,3)4/h22-23,33H,6-21,24-32H2,1-5H3/p+1/b23-22-/t33-/m1/s1. The van der Waals surface area contributed by atoms with Crippen molar-refractivity contribution in [3.05, 3.63) is 12.2 Å². The minimum Gasteiger partial charge on any atom is -0.379 e. The van der Waals surface area contributed by atoms with E-state index in [1.807, 2.05) is 21.1 Å². The van der Waals surface area contributed by atoms with Gasteiger partial charge in [0.2, 0.25) is 0 Å². The summed E-state index contributed by atoms with van der Waals surface area (Å²) < 4.78 is 33.7. The lowest BCUT2D eigenvalue weighted by Gasteiger charge is -2.24. The minimum absolute atomic E-state index is 0.0429. The van der Waals surface area contributed by atoms with E-state index < -0.39 is 13.9 Å². The lowest BCUT2D eigenvalue weighted by molar-refractivity contribution is -0.870. The predicted octanol–water partition coefficient (Wildman–Crippen LogP) is 9.24. The zero-order valence-electron chi connectivity index (χ0n) is 27.8. The fraction of sp³-hybridized carbons (Fsp3) is 0.939. The molecule has 0 rings (SSSR count). The molecule has 0 aliphatic carbocycles. The average molecular weight is 607 g/mol. The topological polar surface area (TPSA) is 74.2 Å². The van der Waals surface area contributed by atoms with Crippen LogP contribution in [-0.2, 0) is 23.1 Å². The number of phosphoric ester groups is 1. The number of unbranched alkanes of at least 4 members (excludes halogenated alkanes) is 18. The van der Waals surface area contributed by atoms with Gasteiger partial charge in [-0.05, 0) is 32.1 Å². The van der Waals surface area contributed by atoms with Gasteiger partial charge in [0, 0.05) is 13.7 Å². The number of hydrogen-bond acceptors (Lipinski definition) is 5. The van der Waals surface area contributed by atoms with E-state index in [9.17, 15) is 9.46 Å². The van der Waals surface area contributed by atoms with Crippen LogP contribution < -0.4 is 0 Å². The lowest BCUT2D eigenvalue weighted by atomic mass is 10.0. The first-order valence-electron chi connectivity index (χ1n) is 16.9. The van der Waals surface area contributed by atoms with E-state index in [1.165, 1.54) is 109 Å². The van der Waals surface area contributed by atoms with Crippen molar-refractivity contribution >= 4 is 7.82 Å². The SMILES string of the molecule is CCCCCCCCCCCCCCCCC/C=C\CCCCCOC[C@H](COP(=O)(O)OCC[N+](C)(C)C)OC. The molecule has 0 fully saturated rings. The molecule has 0 amide bonds. The van der Waals surface area contributed by atoms with Gasteiger partial charge >= 0.3 is 7.82 Å². The van der Waals surface area contributed by atoms with Gasteiger partial charge in [0.15, 0.2) is 0 Å². The highest BCUT2D eigenvalue weighted by Gasteiger charge is 2.24. The van der Waals surface area contributed by atoms with Crippen LogP contribution in [0.3, 0.4) is 0 Å². The van der Waals surface area contributed by atoms with Crippen LogP contribution in [0.25, 0.3) is 0 Å². The molecule has 1 unspecified atom stereocenters. The molecule has 0 saturated heterocycles. The molecule has 246 valence electrons. The van der Waals surface area contributed by atoms with Crippen LogP contribution in [0.15, 0.2) is 12.2 Å². The number of ether oxygens (including phenoxy) is 2. The van der Waals surface area contributed by atoms with Crippen molar-refractivity contribution in [3.63, 3.8) is 0 Å². The maximum absolute atomic E-state index is 12.0. The molecule has 0 bridgehead atoms. The maximum atomic E-state index is 12.0. The molecule has 0 aromatic heterocycles. The Bertz CT molecular complexity index is 625. The molecule has 0 aromatic rings. The zero-order valence-corrected chi connectivity index (χ0v) is 28.7. The van der Waals surface area contributed by atoms with Crippen LogP contribution in [0.5, 0.6) is 0 Å². The van der Waals surface area contributed by atoms with Gasteiger partial charge in [0.1, 0.15) is 19.3 Å². The summed E-state index contributed by atoms with van der Waals surface area (Å²) in [5.41, 5.74) is 0. The number of quaternary nitrogens is 1. The largest absolute Gasteiger partial charge is 0.472 e. The number of likely N-dealkylation sites (N-methyl/N-ethyl adjacent to an activating group) is 1. The summed E-state index contributed by atoms with van der Waals surface area (Å²) in [6.07, 6.45) is 31.2. The fourth-order valence-electron chi connectivity index (χ4n) is 4.56. The van der Waals surface area contributed by atoms with Crippen molar-refractivity contribution < 1.29 is 32.5 Å². The van der Waals surface area contributed by atoms with Gasteiger partial charge in [0.05, 0.1) is 34.4 Å². The Hall–Kier alpha value is -0.270. The highest BCUT2D eigenvalue weighted by Crippen LogP contribution is 2.43. The third-order valence-corrected chi connectivity index (χ3v) is 8.36. The first-order chi connectivity index (χ1) is 19.7. The Morgan fingerprint density at radius 3 is 1.59 bits per heavy atom. The summed E-state index contributed by atoms with van der Waals surface area (Å²) in [5, 5.41) is 0. The Balaban J connectivity index is 3.45. The second-order valence-corrected chi connectivity index (χ2v) is 14.1. The van der Waals surface area contributed by atoms with Gasteiger partial charge in [-0.2, -0.15) is 0 Å². The van der Waals surface area contributed by atoms with Crippen molar-refractivity contribution in [2.45, 2.75) is 141 Å². The highest BCUT2D eigenvalue weighted by atomic mass is 31.2. The normalized spacial score (nSPS) is 14.6. The van der Waals surface area contributed by atoms with Crippen LogP contribution >= 0.6 is 7.82 Å². The monoisotopic (exact) mass is 606 g/mol. The van der Waals surface area contributed by atoms with Gasteiger partial charge in [-0.3, -0.25) is 9.05 Å². The summed E-state index contributed by atoms with van der Waals surface area (Å²) >= 11 is 0. The Morgan fingerprint density at radius 2 is 1.12 bits per heavy atom. The third kappa shape index (κ3) is 32.5. The van der Waals surface area contributed by atoms with E-state index in [2.05, 4.69) is 19.1 Å². The van der Waals surface area contributed by atoms with Gasteiger partial charge in [0.25, 0.3) is 0 Å². The second-order valence-electron chi connectivity index (χ2n) is 12.6. The number of allylic oxidation sites excluding steroid dienone is 2. The summed E-state index contributed by atoms with van der Waals surface area (Å²) in [7, 11) is 3.43. The predicted molar refractivity (Wildman–Crippen MR) is 173 cm³/mol. The molecule has 0 radical (unpaired) electrons. The number of nitrogens with zero attached hydrogens (tertiary/aromatic N) is 1. The molecule has 0 aliphatic rings. The van der Waals surface area contributed by atoms with Gasteiger partial charge in [-0.25, -0.2) is 4.57 Å². The molecular weight excluding hydrogens is 537 g/mol. The molecule has 8 heteroatoms. The molecule has 2 atom stereocenters. The second kappa shape index (κ2) is 28.5. The van der Waals surface area contributed by atoms with Crippen molar-refractivity contribution in [1.29, 1.82) is 0 Å². The number of phosphoric acid groups is 1. The van der Waals surface area contributed by atoms with Gasteiger partial charge in [-0.1, -0.05) is 115 Å². The number of rotatable bonds is 32. The first-order valence-corrected chi connectivity index (χ1v) is 18.4. The number of methoxy groups -OCH3 is 1. The van der Waals surface area contributed by atoms with Crippen LogP contribution in [-0.4, -0.2) is 76.7 Å². The van der Waals surface area contributed by atoms with E-state index in [4.69, 9.17) is 18.5 Å². The summed E-state index contributed by atoms with van der Waals surface area (Å²) in [6, 6.07) is 0. The van der Waals surface area contributed by atoms with E-state index >= 15 is 0 Å². The zero-order chi connectivity index (χ0) is 30.5. The Labute approximate surface area is 254 Å². The van der Waals surface area contributed by atoms with Crippen molar-refractivity contribution in [1.82, 2.24) is 0 Å². The van der Waals surface area contributed by atoms with Crippen LogP contribution in [0.1, 0.15) is 135 Å². The summed E-state index contributed by atoms with van der Waals surface area (Å²) in [6.45, 7) is 3.99. The van der Waals surface area contributed by atoms with Crippen LogP contribution in [0.2, 0.25) is 0 Å². The van der Waals surface area contributed by atoms with Crippen LogP contribution in [0, 0.1) is 0 Å². The number of hydrogen-bond donors (Lipinski definition) is 1. The highest BCUT2D eigenvalue weighted by molar-refractivity contribution is 7.47. The van der Waals surface area contributed by atoms with Crippen molar-refractivity contribution in [2.75, 3.05) is 61.2 Å². The van der Waals surface area contributed by atoms with E-state index in [-0.39, 0.29) is 13.2 Å². The van der Waals surface area contributed by atoms with E-state index in [1.54, 1.807) is 7.11 Å². The Morgan fingerprint density at radius 1 is 0.659 bits per heavy atom. The van der Waals surface area contributed by atoms with Crippen molar-refractivity contribution in [3.8, 4) is 0 Å². The molecule has 41 heavy (non-hydrogen) atoms. The van der Waals surface area contributed by atoms with Crippen LogP contribution in [0.4, 0.5) is 0 Å².